The first-order valence-electron chi connectivity index (χ1n) is 25.6. The molecule has 2 nitrogen and oxygen atoms in total. The Morgan fingerprint density at radius 3 is 1.33 bits per heavy atom. The van der Waals surface area contributed by atoms with Gasteiger partial charge in [0.1, 0.15) is 11.6 Å². The minimum absolute atomic E-state index is 0.249. The molecule has 6 rings (SSSR count). The Morgan fingerprint density at radius 2 is 0.896 bits per heavy atom. The number of thiazole rings is 2. The van der Waals surface area contributed by atoms with Crippen LogP contribution >= 0.6 is 68.0 Å². The van der Waals surface area contributed by atoms with Crippen LogP contribution in [0, 0.1) is 21.9 Å². The molecule has 0 aliphatic heterocycles. The van der Waals surface area contributed by atoms with Crippen LogP contribution in [0.15, 0.2) is 36.4 Å². The number of hydrogen-bond acceptors (Lipinski definition) is 8. The summed E-state index contributed by atoms with van der Waals surface area (Å²) in [6, 6.07) is 10.4. The molecule has 0 spiro atoms. The third-order valence-corrected chi connectivity index (χ3v) is 20.8. The summed E-state index contributed by atoms with van der Waals surface area (Å²) in [5, 5.41) is 0.829. The average Bonchev–Trinajstić information content (AvgIpc) is 4.18. The molecule has 368 valence electrons. The lowest BCUT2D eigenvalue weighted by Gasteiger charge is -2.21. The van der Waals surface area contributed by atoms with Gasteiger partial charge in [0.25, 0.3) is 0 Å². The van der Waals surface area contributed by atoms with E-state index in [2.05, 4.69) is 38.1 Å². The molecule has 0 saturated carbocycles. The highest BCUT2D eigenvalue weighted by Crippen LogP contribution is 2.48. The van der Waals surface area contributed by atoms with Crippen molar-refractivity contribution in [1.29, 1.82) is 0 Å². The number of aromatic nitrogens is 2. The second kappa shape index (κ2) is 28.0. The van der Waals surface area contributed by atoms with Crippen LogP contribution < -0.4 is 0 Å². The second-order valence-electron chi connectivity index (χ2n) is 19.1. The first-order valence-corrected chi connectivity index (χ1v) is 30.5. The van der Waals surface area contributed by atoms with Crippen molar-refractivity contribution in [3.8, 4) is 29.5 Å². The second-order valence-corrected chi connectivity index (χ2v) is 25.3. The molecule has 6 aromatic heterocycles. The lowest BCUT2D eigenvalue weighted by molar-refractivity contribution is 0.543. The number of aryl methyl sites for hydroxylation is 2. The van der Waals surface area contributed by atoms with Gasteiger partial charge in [-0.1, -0.05) is 162 Å². The van der Waals surface area contributed by atoms with Gasteiger partial charge in [-0.2, -0.15) is 8.78 Å². The van der Waals surface area contributed by atoms with Gasteiger partial charge < -0.3 is 0 Å². The third kappa shape index (κ3) is 15.9. The lowest BCUT2D eigenvalue weighted by atomic mass is 9.89. The van der Waals surface area contributed by atoms with E-state index in [1.165, 1.54) is 141 Å². The maximum Gasteiger partial charge on any atom is 0.179 e. The summed E-state index contributed by atoms with van der Waals surface area (Å²) in [6.07, 6.45) is 32.8. The number of nitrogens with zero attached hydrogens (tertiary/aromatic N) is 2. The zero-order valence-corrected chi connectivity index (χ0v) is 45.7. The quantitative estimate of drug-likeness (QED) is 0.0303. The predicted molar refractivity (Wildman–Crippen MR) is 288 cm³/mol. The maximum absolute atomic E-state index is 15.0. The summed E-state index contributed by atoms with van der Waals surface area (Å²) in [5.74, 6) is -1.22. The topological polar surface area (TPSA) is 25.8 Å². The van der Waals surface area contributed by atoms with Crippen molar-refractivity contribution in [2.45, 2.75) is 213 Å². The minimum atomic E-state index is -0.682. The predicted octanol–water partition coefficient (Wildman–Crippen LogP) is 21.4. The maximum atomic E-state index is 15.0. The fourth-order valence-corrected chi connectivity index (χ4v) is 15.6. The first kappa shape index (κ1) is 54.1. The molecule has 0 aliphatic carbocycles. The molecule has 0 fully saturated rings. The molecule has 0 radical (unpaired) electrons. The van der Waals surface area contributed by atoms with Crippen molar-refractivity contribution in [2.75, 3.05) is 0 Å². The van der Waals surface area contributed by atoms with Crippen LogP contribution in [0.4, 0.5) is 17.6 Å². The van der Waals surface area contributed by atoms with Gasteiger partial charge in [0.15, 0.2) is 20.3 Å². The van der Waals surface area contributed by atoms with E-state index in [0.29, 0.717) is 9.75 Å². The minimum Gasteiger partial charge on any atom is -0.238 e. The van der Waals surface area contributed by atoms with Crippen LogP contribution in [0.1, 0.15) is 226 Å². The van der Waals surface area contributed by atoms with Crippen LogP contribution in [-0.4, -0.2) is 9.97 Å². The monoisotopic (exact) mass is 1030 g/mol. The smallest absolute Gasteiger partial charge is 0.179 e. The van der Waals surface area contributed by atoms with Crippen LogP contribution in [0.3, 0.4) is 0 Å². The summed E-state index contributed by atoms with van der Waals surface area (Å²) in [4.78, 5) is 18.1. The van der Waals surface area contributed by atoms with E-state index < -0.39 is 27.3 Å². The molecule has 67 heavy (non-hydrogen) atoms. The van der Waals surface area contributed by atoms with E-state index in [9.17, 15) is 17.6 Å². The van der Waals surface area contributed by atoms with Gasteiger partial charge in [-0.15, -0.1) is 68.0 Å². The molecular weight excluding hydrogens is 957 g/mol. The van der Waals surface area contributed by atoms with Crippen molar-refractivity contribution in [2.24, 2.45) is 0 Å². The molecule has 0 N–H and O–H groups in total. The van der Waals surface area contributed by atoms with Crippen molar-refractivity contribution >= 4 is 68.0 Å². The van der Waals surface area contributed by atoms with E-state index >= 15 is 0 Å². The molecule has 12 heteroatoms. The number of halogens is 4. The largest absolute Gasteiger partial charge is 0.238 e. The number of rotatable bonds is 33. The van der Waals surface area contributed by atoms with E-state index in [0.717, 1.165) is 111 Å². The molecule has 1 unspecified atom stereocenters. The fourth-order valence-electron chi connectivity index (χ4n) is 9.04. The third-order valence-electron chi connectivity index (χ3n) is 13.1. The fraction of sp³-hybridized carbons (Fsp3) is 0.600. The summed E-state index contributed by atoms with van der Waals surface area (Å²) in [6.45, 7) is 10.5. The molecule has 6 aromatic rings. The van der Waals surface area contributed by atoms with E-state index in [-0.39, 0.29) is 5.92 Å². The average molecular weight is 1030 g/mol. The zero-order chi connectivity index (χ0) is 47.6. The number of unbranched alkanes of at least 4 members (excludes halogenated alkanes) is 22. The zero-order valence-electron chi connectivity index (χ0n) is 40.8. The van der Waals surface area contributed by atoms with Gasteiger partial charge in [-0.05, 0) is 63.8 Å². The molecular formula is C55H74F4N2S6. The highest BCUT2D eigenvalue weighted by Gasteiger charge is 2.32. The Hall–Kier alpha value is -2.22. The molecule has 0 aromatic carbocycles. The van der Waals surface area contributed by atoms with Gasteiger partial charge in [0, 0.05) is 43.0 Å². The molecule has 6 heterocycles. The molecule has 0 saturated heterocycles. The lowest BCUT2D eigenvalue weighted by Crippen LogP contribution is -2.16. The Kier molecular flexibility index (Phi) is 22.6. The van der Waals surface area contributed by atoms with Gasteiger partial charge >= 0.3 is 0 Å². The van der Waals surface area contributed by atoms with Crippen molar-refractivity contribution in [3.63, 3.8) is 0 Å². The molecule has 1 atom stereocenters. The first-order chi connectivity index (χ1) is 32.5. The standard InChI is InChI=1S/C55H74F4N2S6/c1-6-8-10-12-14-16-18-20-22-24-26-28-30-41-50(44-33-32-43(62-44)38(3)49-39(56)36-47(58)64-49)66-53(60-41)54-61-42(31-29-27-25-23-21-19-17-15-13-11-9-7-2)51(67-54)45-34-35-46(63-45)55(4,5)52-40(57)37-48(59)65-52/h32-38H,6-31H2,1-5H3. The Morgan fingerprint density at radius 1 is 0.478 bits per heavy atom. The Labute approximate surface area is 424 Å². The van der Waals surface area contributed by atoms with Gasteiger partial charge in [0.05, 0.1) is 30.9 Å². The van der Waals surface area contributed by atoms with Crippen LogP contribution in [-0.2, 0) is 18.3 Å². The van der Waals surface area contributed by atoms with Crippen LogP contribution in [0.5, 0.6) is 0 Å². The summed E-state index contributed by atoms with van der Waals surface area (Å²) >= 11 is 8.47. The SMILES string of the molecule is CCCCCCCCCCCCCCc1nc(-c2nc(CCCCCCCCCCCCCC)c(-c3ccc(C(C)(C)c4sc(F)cc4F)s3)s2)sc1-c1ccc(C(C)c2sc(F)cc2F)s1. The van der Waals surface area contributed by atoms with Crippen LogP contribution in [0.25, 0.3) is 29.5 Å². The van der Waals surface area contributed by atoms with E-state index in [4.69, 9.17) is 9.97 Å². The van der Waals surface area contributed by atoms with E-state index in [1.807, 2.05) is 20.8 Å². The van der Waals surface area contributed by atoms with Crippen molar-refractivity contribution in [3.05, 3.63) is 89.2 Å². The Bertz CT molecular complexity index is 2340. The molecule has 0 bridgehead atoms. The highest BCUT2D eigenvalue weighted by atomic mass is 32.1. The highest BCUT2D eigenvalue weighted by molar-refractivity contribution is 7.28. The molecule has 0 aliphatic rings. The van der Waals surface area contributed by atoms with Crippen LogP contribution in [0.2, 0.25) is 0 Å². The van der Waals surface area contributed by atoms with Crippen molar-refractivity contribution < 1.29 is 17.6 Å². The Balaban J connectivity index is 1.20. The summed E-state index contributed by atoms with van der Waals surface area (Å²) < 4.78 is 58.0. The van der Waals surface area contributed by atoms with Gasteiger partial charge in [0.2, 0.25) is 0 Å². The number of hydrogen-bond donors (Lipinski definition) is 0. The molecule has 0 amide bonds. The number of thiophene rings is 4. The van der Waals surface area contributed by atoms with Gasteiger partial charge in [-0.3, -0.25) is 0 Å². The normalized spacial score (nSPS) is 12.6. The van der Waals surface area contributed by atoms with Gasteiger partial charge in [-0.25, -0.2) is 18.7 Å². The van der Waals surface area contributed by atoms with Crippen molar-refractivity contribution in [1.82, 2.24) is 9.97 Å². The summed E-state index contributed by atoms with van der Waals surface area (Å²) in [5.41, 5.74) is 1.49. The summed E-state index contributed by atoms with van der Waals surface area (Å²) in [7, 11) is 0. The van der Waals surface area contributed by atoms with E-state index in [1.54, 1.807) is 45.3 Å².